The highest BCUT2D eigenvalue weighted by Crippen LogP contribution is 2.43. The Kier molecular flexibility index (Phi) is 46.9. The zero-order valence-electron chi connectivity index (χ0n) is 40.3. The van der Waals surface area contributed by atoms with Gasteiger partial charge >= 0.3 is 19.8 Å². The molecule has 364 valence electrons. The van der Waals surface area contributed by atoms with Gasteiger partial charge in [0.25, 0.3) is 0 Å². The summed E-state index contributed by atoms with van der Waals surface area (Å²) in [5.41, 5.74) is 5.37. The predicted molar refractivity (Wildman–Crippen MR) is 266 cm³/mol. The molecule has 2 atom stereocenters. The molecule has 10 heteroatoms. The summed E-state index contributed by atoms with van der Waals surface area (Å²) in [6.45, 7) is 3.62. The lowest BCUT2D eigenvalue weighted by atomic mass is 10.1. The third-order valence-corrected chi connectivity index (χ3v) is 11.6. The Labute approximate surface area is 386 Å². The molecule has 0 bridgehead atoms. The minimum Gasteiger partial charge on any atom is -0.462 e. The molecular weight excluding hydrogens is 810 g/mol. The van der Waals surface area contributed by atoms with E-state index in [0.717, 1.165) is 89.9 Å². The monoisotopic (exact) mass is 904 g/mol. The summed E-state index contributed by atoms with van der Waals surface area (Å²) in [6.07, 6.45) is 60.8. The lowest BCUT2D eigenvalue weighted by molar-refractivity contribution is -0.161. The smallest absolute Gasteiger partial charge is 0.462 e. The largest absolute Gasteiger partial charge is 0.472 e. The number of nitrogens with two attached hydrogens (primary N) is 1. The summed E-state index contributed by atoms with van der Waals surface area (Å²) in [6, 6.07) is 0. The van der Waals surface area contributed by atoms with Crippen LogP contribution in [-0.2, 0) is 32.7 Å². The Bertz CT molecular complexity index is 1260. The van der Waals surface area contributed by atoms with E-state index in [-0.39, 0.29) is 38.6 Å². The minimum absolute atomic E-state index is 0.0490. The van der Waals surface area contributed by atoms with Crippen LogP contribution >= 0.6 is 7.82 Å². The molecule has 0 heterocycles. The van der Waals surface area contributed by atoms with Gasteiger partial charge in [-0.2, -0.15) is 0 Å². The van der Waals surface area contributed by atoms with Gasteiger partial charge in [0.1, 0.15) is 6.61 Å². The van der Waals surface area contributed by atoms with Crippen molar-refractivity contribution in [2.45, 2.75) is 225 Å². The fourth-order valence-corrected chi connectivity index (χ4v) is 7.60. The first-order valence-electron chi connectivity index (χ1n) is 25.4. The fourth-order valence-electron chi connectivity index (χ4n) is 6.83. The van der Waals surface area contributed by atoms with E-state index in [0.29, 0.717) is 6.42 Å². The minimum atomic E-state index is -4.39. The maximum absolute atomic E-state index is 12.7. The molecule has 0 saturated carbocycles. The Hall–Kier alpha value is -2.55. The van der Waals surface area contributed by atoms with Crippen LogP contribution in [0.15, 0.2) is 72.9 Å². The fraction of sp³-hybridized carbons (Fsp3) is 0.736. The molecule has 63 heavy (non-hydrogen) atoms. The average molecular weight is 904 g/mol. The summed E-state index contributed by atoms with van der Waals surface area (Å²) < 4.78 is 32.9. The zero-order chi connectivity index (χ0) is 46.0. The Morgan fingerprint density at radius 2 is 0.873 bits per heavy atom. The molecule has 9 nitrogen and oxygen atoms in total. The normalized spacial score (nSPS) is 13.8. The number of phosphoric acid groups is 1. The Morgan fingerprint density at radius 1 is 0.492 bits per heavy atom. The van der Waals surface area contributed by atoms with E-state index in [4.69, 9.17) is 24.3 Å². The number of rotatable bonds is 47. The van der Waals surface area contributed by atoms with Gasteiger partial charge in [0.15, 0.2) is 6.10 Å². The van der Waals surface area contributed by atoms with E-state index in [2.05, 4.69) is 86.8 Å². The third-order valence-electron chi connectivity index (χ3n) is 10.6. The lowest BCUT2D eigenvalue weighted by Crippen LogP contribution is -2.29. The quantitative estimate of drug-likeness (QED) is 0.0265. The highest BCUT2D eigenvalue weighted by Gasteiger charge is 2.26. The number of hydrogen-bond acceptors (Lipinski definition) is 8. The highest BCUT2D eigenvalue weighted by atomic mass is 31.2. The standard InChI is InChI=1S/C53H94NO8P/c1-3-5-7-9-11-13-15-17-19-21-22-23-24-25-26-27-28-30-32-34-36-38-40-42-44-46-53(56)62-51(50-61-63(57,58)60-48-47-54)49-59-52(55)45-43-41-39-37-35-33-31-29-20-18-16-14-12-10-8-6-4-2/h5,7,11,13,17-20,22-23,25-26,51H,3-4,6,8-10,12,14-16,21,24,27-50,54H2,1-2H3,(H,57,58)/b7-5-,13-11-,19-17-,20-18-,23-22-,26-25-. The first kappa shape index (κ1) is 60.5. The van der Waals surface area contributed by atoms with Crippen LogP contribution in [0.5, 0.6) is 0 Å². The molecule has 0 aliphatic rings. The van der Waals surface area contributed by atoms with Crippen LogP contribution in [0.2, 0.25) is 0 Å². The van der Waals surface area contributed by atoms with Gasteiger partial charge in [0.05, 0.1) is 13.2 Å². The van der Waals surface area contributed by atoms with E-state index in [1.54, 1.807) is 0 Å². The molecule has 0 aromatic carbocycles. The van der Waals surface area contributed by atoms with Crippen molar-refractivity contribution < 1.29 is 37.6 Å². The van der Waals surface area contributed by atoms with Gasteiger partial charge in [-0.3, -0.25) is 18.6 Å². The number of carbonyl (C=O) groups is 2. The molecule has 2 unspecified atom stereocenters. The Balaban J connectivity index is 4.08. The van der Waals surface area contributed by atoms with Crippen LogP contribution in [0, 0.1) is 0 Å². The summed E-state index contributed by atoms with van der Waals surface area (Å²) >= 11 is 0. The van der Waals surface area contributed by atoms with Crippen LogP contribution in [0.4, 0.5) is 0 Å². The zero-order valence-corrected chi connectivity index (χ0v) is 41.2. The van der Waals surface area contributed by atoms with Crippen LogP contribution in [-0.4, -0.2) is 49.3 Å². The van der Waals surface area contributed by atoms with E-state index < -0.39 is 26.5 Å². The first-order valence-corrected chi connectivity index (χ1v) is 26.9. The number of esters is 2. The van der Waals surface area contributed by atoms with Crippen molar-refractivity contribution in [3.63, 3.8) is 0 Å². The maximum Gasteiger partial charge on any atom is 0.472 e. The second kappa shape index (κ2) is 48.9. The number of phosphoric ester groups is 1. The van der Waals surface area contributed by atoms with Gasteiger partial charge in [0, 0.05) is 19.4 Å². The van der Waals surface area contributed by atoms with E-state index in [1.807, 2.05) is 0 Å². The lowest BCUT2D eigenvalue weighted by Gasteiger charge is -2.19. The number of allylic oxidation sites excluding steroid dienone is 12. The molecule has 3 N–H and O–H groups in total. The molecule has 0 spiro atoms. The molecule has 0 aliphatic heterocycles. The van der Waals surface area contributed by atoms with Crippen molar-refractivity contribution in [3.05, 3.63) is 72.9 Å². The van der Waals surface area contributed by atoms with Gasteiger partial charge in [-0.05, 0) is 83.5 Å². The predicted octanol–water partition coefficient (Wildman–Crippen LogP) is 15.4. The summed E-state index contributed by atoms with van der Waals surface area (Å²) in [7, 11) is -4.39. The van der Waals surface area contributed by atoms with E-state index in [1.165, 1.54) is 96.3 Å². The topological polar surface area (TPSA) is 134 Å². The maximum atomic E-state index is 12.7. The van der Waals surface area contributed by atoms with Crippen LogP contribution in [0.25, 0.3) is 0 Å². The number of unbranched alkanes of at least 4 members (excludes halogenated alkanes) is 22. The van der Waals surface area contributed by atoms with E-state index >= 15 is 0 Å². The van der Waals surface area contributed by atoms with Crippen molar-refractivity contribution in [2.24, 2.45) is 5.73 Å². The first-order chi connectivity index (χ1) is 30.8. The van der Waals surface area contributed by atoms with Gasteiger partial charge < -0.3 is 20.1 Å². The molecule has 0 amide bonds. The number of ether oxygens (including phenoxy) is 2. The summed E-state index contributed by atoms with van der Waals surface area (Å²) in [5.74, 6) is -0.840. The van der Waals surface area contributed by atoms with Gasteiger partial charge in [0.2, 0.25) is 0 Å². The van der Waals surface area contributed by atoms with Crippen molar-refractivity contribution in [1.82, 2.24) is 0 Å². The van der Waals surface area contributed by atoms with Crippen LogP contribution in [0.1, 0.15) is 219 Å². The van der Waals surface area contributed by atoms with Crippen molar-refractivity contribution in [3.8, 4) is 0 Å². The molecular formula is C53H94NO8P. The van der Waals surface area contributed by atoms with E-state index in [9.17, 15) is 19.0 Å². The van der Waals surface area contributed by atoms with Crippen molar-refractivity contribution in [1.29, 1.82) is 0 Å². The molecule has 0 rings (SSSR count). The number of carbonyl (C=O) groups excluding carboxylic acids is 2. The van der Waals surface area contributed by atoms with Crippen molar-refractivity contribution in [2.75, 3.05) is 26.4 Å². The molecule has 0 aromatic heterocycles. The Morgan fingerprint density at radius 3 is 1.32 bits per heavy atom. The third kappa shape index (κ3) is 48.7. The SMILES string of the molecule is CC/C=C\C/C=C\C/C=C\C/C=C\C/C=C\CCCCCCCCCCCC(=O)OC(COC(=O)CCCCCCCCC/C=C\CCCCCCCC)COP(=O)(O)OCCN. The van der Waals surface area contributed by atoms with Crippen molar-refractivity contribution >= 4 is 19.8 Å². The van der Waals surface area contributed by atoms with Gasteiger partial charge in [-0.1, -0.05) is 196 Å². The second-order valence-electron chi connectivity index (χ2n) is 16.7. The molecule has 0 radical (unpaired) electrons. The van der Waals surface area contributed by atoms with Gasteiger partial charge in [-0.25, -0.2) is 4.57 Å². The number of hydrogen-bond donors (Lipinski definition) is 2. The van der Waals surface area contributed by atoms with Crippen LogP contribution < -0.4 is 5.73 Å². The summed E-state index contributed by atoms with van der Waals surface area (Å²) in [4.78, 5) is 35.0. The van der Waals surface area contributed by atoms with Gasteiger partial charge in [-0.15, -0.1) is 0 Å². The molecule has 0 fully saturated rings. The molecule has 0 aromatic rings. The molecule has 0 saturated heterocycles. The highest BCUT2D eigenvalue weighted by molar-refractivity contribution is 7.47. The van der Waals surface area contributed by atoms with Crippen LogP contribution in [0.3, 0.4) is 0 Å². The average Bonchev–Trinajstić information content (AvgIpc) is 3.27. The molecule has 0 aliphatic carbocycles. The second-order valence-corrected chi connectivity index (χ2v) is 18.1. The summed E-state index contributed by atoms with van der Waals surface area (Å²) in [5, 5.41) is 0.